The summed E-state index contributed by atoms with van der Waals surface area (Å²) in [6, 6.07) is 12.1. The summed E-state index contributed by atoms with van der Waals surface area (Å²) in [5.74, 6) is 5.81. The highest BCUT2D eigenvalue weighted by atomic mass is 16.5. The van der Waals surface area contributed by atoms with Crippen LogP contribution in [-0.2, 0) is 11.3 Å². The van der Waals surface area contributed by atoms with Crippen molar-refractivity contribution in [1.29, 1.82) is 0 Å². The summed E-state index contributed by atoms with van der Waals surface area (Å²) in [6.07, 6.45) is 3.45. The molecule has 2 aromatic carbocycles. The minimum absolute atomic E-state index is 0.0982. The molecule has 8 heteroatoms. The number of likely N-dealkylation sites (tertiary alicyclic amines) is 1. The van der Waals surface area contributed by atoms with Crippen molar-refractivity contribution in [1.82, 2.24) is 15.6 Å². The first kappa shape index (κ1) is 19.9. The summed E-state index contributed by atoms with van der Waals surface area (Å²) in [5.41, 5.74) is 3.81. The number of hydrazine groups is 1. The quantitative estimate of drug-likeness (QED) is 0.369. The second kappa shape index (κ2) is 8.54. The average molecular weight is 408 g/mol. The number of carbonyl (C=O) groups excluding carboxylic acids is 3. The van der Waals surface area contributed by atoms with E-state index in [0.29, 0.717) is 48.2 Å². The maximum absolute atomic E-state index is 12.1. The van der Waals surface area contributed by atoms with E-state index in [1.165, 1.54) is 0 Å². The first-order valence-electron chi connectivity index (χ1n) is 10.0. The van der Waals surface area contributed by atoms with Crippen molar-refractivity contribution >= 4 is 17.7 Å². The van der Waals surface area contributed by atoms with Gasteiger partial charge in [0.25, 0.3) is 11.8 Å². The molecule has 1 saturated heterocycles. The molecule has 0 spiro atoms. The number of benzene rings is 2. The van der Waals surface area contributed by atoms with Gasteiger partial charge in [0.1, 0.15) is 11.5 Å². The summed E-state index contributed by atoms with van der Waals surface area (Å²) >= 11 is 0. The van der Waals surface area contributed by atoms with Crippen LogP contribution in [0.5, 0.6) is 11.5 Å². The Morgan fingerprint density at radius 2 is 1.80 bits per heavy atom. The molecule has 0 unspecified atom stereocenters. The predicted molar refractivity (Wildman–Crippen MR) is 110 cm³/mol. The van der Waals surface area contributed by atoms with Gasteiger partial charge in [-0.3, -0.25) is 19.8 Å². The van der Waals surface area contributed by atoms with Crippen molar-refractivity contribution in [2.24, 2.45) is 5.84 Å². The zero-order valence-corrected chi connectivity index (χ0v) is 16.5. The van der Waals surface area contributed by atoms with E-state index in [9.17, 15) is 14.4 Å². The van der Waals surface area contributed by atoms with E-state index >= 15 is 0 Å². The van der Waals surface area contributed by atoms with Crippen LogP contribution in [0.2, 0.25) is 0 Å². The van der Waals surface area contributed by atoms with Gasteiger partial charge in [-0.15, -0.1) is 0 Å². The van der Waals surface area contributed by atoms with E-state index in [1.54, 1.807) is 47.4 Å². The molecule has 2 aromatic rings. The lowest BCUT2D eigenvalue weighted by Crippen LogP contribution is -2.30. The highest BCUT2D eigenvalue weighted by molar-refractivity contribution is 5.95. The molecule has 1 aliphatic heterocycles. The minimum atomic E-state index is -0.434. The number of hydrogen-bond acceptors (Lipinski definition) is 5. The second-order valence-corrected chi connectivity index (χ2v) is 7.59. The molecule has 30 heavy (non-hydrogen) atoms. The molecule has 156 valence electrons. The number of carbonyl (C=O) groups is 3. The Bertz CT molecular complexity index is 970. The summed E-state index contributed by atoms with van der Waals surface area (Å²) in [5, 5.41) is 2.95. The van der Waals surface area contributed by atoms with E-state index in [-0.39, 0.29) is 11.8 Å². The first-order chi connectivity index (χ1) is 14.5. The molecule has 4 N–H and O–H groups in total. The molecule has 8 nitrogen and oxygen atoms in total. The number of nitrogens with two attached hydrogens (primary N) is 1. The third-order valence-electron chi connectivity index (χ3n) is 5.25. The fraction of sp³-hybridized carbons (Fsp3) is 0.318. The van der Waals surface area contributed by atoms with Crippen LogP contribution in [-0.4, -0.2) is 35.2 Å². The molecular formula is C22H24N4O4. The zero-order valence-electron chi connectivity index (χ0n) is 16.5. The lowest BCUT2D eigenvalue weighted by Gasteiger charge is -2.19. The Morgan fingerprint density at radius 3 is 2.43 bits per heavy atom. The average Bonchev–Trinajstić information content (AvgIpc) is 3.48. The number of nitrogens with zero attached hydrogens (tertiary/aromatic N) is 1. The Morgan fingerprint density at radius 1 is 1.07 bits per heavy atom. The molecule has 0 aromatic heterocycles. The van der Waals surface area contributed by atoms with Crippen molar-refractivity contribution in [3.8, 4) is 11.5 Å². The van der Waals surface area contributed by atoms with Crippen molar-refractivity contribution < 1.29 is 19.1 Å². The Labute approximate surface area is 174 Å². The fourth-order valence-corrected chi connectivity index (χ4v) is 3.38. The zero-order chi connectivity index (χ0) is 21.1. The van der Waals surface area contributed by atoms with E-state index in [0.717, 1.165) is 24.8 Å². The Hall–Kier alpha value is -3.39. The third kappa shape index (κ3) is 4.60. The highest BCUT2D eigenvalue weighted by Crippen LogP contribution is 2.29. The Kier molecular flexibility index (Phi) is 5.67. The van der Waals surface area contributed by atoms with Gasteiger partial charge in [0, 0.05) is 42.2 Å². The van der Waals surface area contributed by atoms with E-state index in [2.05, 4.69) is 10.7 Å². The standard InChI is InChI=1S/C22H24N4O4/c23-25-22(29)15-3-4-16(13-26-11-1-2-20(26)27)19(12-15)30-18-9-5-14(6-10-18)21(28)24-17-7-8-17/h3-6,9-10,12,17H,1-2,7-8,11,13,23H2,(H,24,28)(H,25,29). The smallest absolute Gasteiger partial charge is 0.265 e. The van der Waals surface area contributed by atoms with Gasteiger partial charge in [0.15, 0.2) is 0 Å². The molecule has 2 fully saturated rings. The number of rotatable bonds is 7. The number of ether oxygens (including phenoxy) is 1. The van der Waals surface area contributed by atoms with Crippen molar-refractivity contribution in [3.63, 3.8) is 0 Å². The summed E-state index contributed by atoms with van der Waals surface area (Å²) in [7, 11) is 0. The minimum Gasteiger partial charge on any atom is -0.457 e. The molecule has 0 radical (unpaired) electrons. The summed E-state index contributed by atoms with van der Waals surface area (Å²) in [4.78, 5) is 37.9. The van der Waals surface area contributed by atoms with E-state index < -0.39 is 5.91 Å². The van der Waals surface area contributed by atoms with Crippen LogP contribution >= 0.6 is 0 Å². The SMILES string of the molecule is NNC(=O)c1ccc(CN2CCCC2=O)c(Oc2ccc(C(=O)NC3CC3)cc2)c1. The molecule has 0 atom stereocenters. The summed E-state index contributed by atoms with van der Waals surface area (Å²) < 4.78 is 6.03. The predicted octanol–water partition coefficient (Wildman–Crippen LogP) is 2.10. The number of nitrogen functional groups attached to an aromatic ring is 1. The van der Waals surface area contributed by atoms with Crippen molar-refractivity contribution in [2.45, 2.75) is 38.3 Å². The van der Waals surface area contributed by atoms with Crippen LogP contribution in [0.25, 0.3) is 0 Å². The maximum Gasteiger partial charge on any atom is 0.265 e. The molecule has 2 aliphatic rings. The first-order valence-corrected chi connectivity index (χ1v) is 10.0. The third-order valence-corrected chi connectivity index (χ3v) is 5.25. The van der Waals surface area contributed by atoms with Gasteiger partial charge >= 0.3 is 0 Å². The largest absolute Gasteiger partial charge is 0.457 e. The summed E-state index contributed by atoms with van der Waals surface area (Å²) in [6.45, 7) is 1.11. The lowest BCUT2D eigenvalue weighted by atomic mass is 10.1. The van der Waals surface area contributed by atoms with Crippen LogP contribution in [0.4, 0.5) is 0 Å². The van der Waals surface area contributed by atoms with E-state index in [4.69, 9.17) is 10.6 Å². The molecule has 1 saturated carbocycles. The van der Waals surface area contributed by atoms with E-state index in [1.807, 2.05) is 0 Å². The second-order valence-electron chi connectivity index (χ2n) is 7.59. The van der Waals surface area contributed by atoms with Gasteiger partial charge in [0.05, 0.1) is 0 Å². The van der Waals surface area contributed by atoms with Gasteiger partial charge in [-0.2, -0.15) is 0 Å². The number of nitrogens with one attached hydrogen (secondary N) is 2. The van der Waals surface area contributed by atoms with Crippen molar-refractivity contribution in [3.05, 3.63) is 59.2 Å². The van der Waals surface area contributed by atoms with Crippen LogP contribution in [0.3, 0.4) is 0 Å². The Balaban J connectivity index is 1.54. The van der Waals surface area contributed by atoms with Crippen LogP contribution in [0, 0.1) is 0 Å². The monoisotopic (exact) mass is 408 g/mol. The number of amides is 3. The normalized spacial score (nSPS) is 15.8. The van der Waals surface area contributed by atoms with Gasteiger partial charge in [0.2, 0.25) is 5.91 Å². The molecule has 4 rings (SSSR count). The number of hydrogen-bond donors (Lipinski definition) is 3. The van der Waals surface area contributed by atoms with Gasteiger partial charge in [-0.05, 0) is 55.7 Å². The van der Waals surface area contributed by atoms with Gasteiger partial charge in [-0.1, -0.05) is 6.07 Å². The van der Waals surface area contributed by atoms with Gasteiger partial charge in [-0.25, -0.2) is 5.84 Å². The molecule has 0 bridgehead atoms. The molecular weight excluding hydrogens is 384 g/mol. The van der Waals surface area contributed by atoms with Crippen LogP contribution < -0.4 is 21.3 Å². The topological polar surface area (TPSA) is 114 Å². The molecule has 3 amide bonds. The van der Waals surface area contributed by atoms with Crippen LogP contribution in [0.15, 0.2) is 42.5 Å². The maximum atomic E-state index is 12.1. The van der Waals surface area contributed by atoms with Crippen LogP contribution in [0.1, 0.15) is 52.0 Å². The lowest BCUT2D eigenvalue weighted by molar-refractivity contribution is -0.128. The molecule has 1 heterocycles. The fourth-order valence-electron chi connectivity index (χ4n) is 3.38. The van der Waals surface area contributed by atoms with Crippen molar-refractivity contribution in [2.75, 3.05) is 6.54 Å². The van der Waals surface area contributed by atoms with Gasteiger partial charge < -0.3 is 15.0 Å². The molecule has 1 aliphatic carbocycles. The highest BCUT2D eigenvalue weighted by Gasteiger charge is 2.24.